The van der Waals surface area contributed by atoms with Crippen molar-refractivity contribution in [2.45, 2.75) is 18.4 Å². The first-order chi connectivity index (χ1) is 12.2. The predicted octanol–water partition coefficient (Wildman–Crippen LogP) is 3.93. The van der Waals surface area contributed by atoms with E-state index in [4.69, 9.17) is 9.26 Å². The van der Waals surface area contributed by atoms with Crippen LogP contribution in [0.3, 0.4) is 0 Å². The quantitative estimate of drug-likeness (QED) is 0.675. The molecular weight excluding hydrogens is 338 g/mol. The molecule has 6 nitrogen and oxygen atoms in total. The van der Waals surface area contributed by atoms with E-state index in [-0.39, 0.29) is 12.5 Å². The first kappa shape index (κ1) is 17.0. The van der Waals surface area contributed by atoms with Crippen LogP contribution in [-0.2, 0) is 6.61 Å². The summed E-state index contributed by atoms with van der Waals surface area (Å²) < 4.78 is 10.6. The maximum absolute atomic E-state index is 12.6. The third-order valence-electron chi connectivity index (χ3n) is 3.39. The van der Waals surface area contributed by atoms with Crippen LogP contribution >= 0.6 is 11.8 Å². The number of hydrogen-bond donors (Lipinski definition) is 1. The van der Waals surface area contributed by atoms with Gasteiger partial charge in [-0.2, -0.15) is 4.98 Å². The van der Waals surface area contributed by atoms with Gasteiger partial charge in [0.05, 0.1) is 5.56 Å². The van der Waals surface area contributed by atoms with Crippen LogP contribution in [0.4, 0.5) is 5.69 Å². The van der Waals surface area contributed by atoms with Gasteiger partial charge in [-0.25, -0.2) is 0 Å². The Morgan fingerprint density at radius 3 is 2.84 bits per heavy atom. The lowest BCUT2D eigenvalue weighted by Crippen LogP contribution is -2.13. The molecule has 0 radical (unpaired) electrons. The average Bonchev–Trinajstić information content (AvgIpc) is 3.05. The lowest BCUT2D eigenvalue weighted by atomic mass is 10.2. The summed E-state index contributed by atoms with van der Waals surface area (Å²) in [5.74, 6) is 1.13. The predicted molar refractivity (Wildman–Crippen MR) is 96.0 cm³/mol. The van der Waals surface area contributed by atoms with E-state index in [9.17, 15) is 4.79 Å². The zero-order chi connectivity index (χ0) is 17.6. The van der Waals surface area contributed by atoms with Gasteiger partial charge in [0.1, 0.15) is 5.75 Å². The Balaban J connectivity index is 1.73. The van der Waals surface area contributed by atoms with Crippen LogP contribution in [0.1, 0.15) is 22.1 Å². The summed E-state index contributed by atoms with van der Waals surface area (Å²) in [7, 11) is 0. The molecule has 0 aliphatic carbocycles. The van der Waals surface area contributed by atoms with E-state index < -0.39 is 0 Å². The summed E-state index contributed by atoms with van der Waals surface area (Å²) in [5.41, 5.74) is 1.18. The molecule has 3 rings (SSSR count). The van der Waals surface area contributed by atoms with E-state index in [2.05, 4.69) is 15.5 Å². The molecule has 0 spiro atoms. The minimum absolute atomic E-state index is 0.129. The Kier molecular flexibility index (Phi) is 5.35. The highest BCUT2D eigenvalue weighted by Gasteiger charge is 2.13. The standard InChI is InChI=1S/C18H17N3O3S/c1-12-19-17(21-24-12)11-23-16-9-4-3-8-15(16)18(22)20-13-6-5-7-14(10-13)25-2/h3-10H,11H2,1-2H3,(H,20,22). The van der Waals surface area contributed by atoms with E-state index in [0.29, 0.717) is 23.0 Å². The number of carbonyl (C=O) groups is 1. The van der Waals surface area contributed by atoms with Crippen LogP contribution in [0.5, 0.6) is 5.75 Å². The van der Waals surface area contributed by atoms with Crippen LogP contribution in [0.15, 0.2) is 57.9 Å². The van der Waals surface area contributed by atoms with Crippen molar-refractivity contribution in [3.63, 3.8) is 0 Å². The fourth-order valence-electron chi connectivity index (χ4n) is 2.22. The summed E-state index contributed by atoms with van der Waals surface area (Å²) in [5, 5.41) is 6.67. The van der Waals surface area contributed by atoms with E-state index in [1.807, 2.05) is 36.6 Å². The molecule has 1 N–H and O–H groups in total. The van der Waals surface area contributed by atoms with Crippen molar-refractivity contribution in [1.29, 1.82) is 0 Å². The molecule has 1 aromatic heterocycles. The first-order valence-corrected chi connectivity index (χ1v) is 8.84. The molecule has 0 aliphatic rings. The fraction of sp³-hybridized carbons (Fsp3) is 0.167. The van der Waals surface area contributed by atoms with Crippen LogP contribution in [0.25, 0.3) is 0 Å². The summed E-state index contributed by atoms with van der Waals surface area (Å²) in [6.45, 7) is 1.84. The zero-order valence-corrected chi connectivity index (χ0v) is 14.7. The Morgan fingerprint density at radius 2 is 2.08 bits per heavy atom. The van der Waals surface area contributed by atoms with Gasteiger partial charge in [-0.05, 0) is 36.6 Å². The average molecular weight is 355 g/mol. The van der Waals surface area contributed by atoms with Gasteiger partial charge in [-0.1, -0.05) is 23.4 Å². The van der Waals surface area contributed by atoms with Crippen LogP contribution < -0.4 is 10.1 Å². The number of aromatic nitrogens is 2. The van der Waals surface area contributed by atoms with Gasteiger partial charge < -0.3 is 14.6 Å². The third kappa shape index (κ3) is 4.39. The second-order valence-corrected chi connectivity index (χ2v) is 6.08. The second-order valence-electron chi connectivity index (χ2n) is 5.20. The summed E-state index contributed by atoms with van der Waals surface area (Å²) in [4.78, 5) is 17.8. The molecule has 1 heterocycles. The van der Waals surface area contributed by atoms with Crippen LogP contribution in [-0.4, -0.2) is 22.3 Å². The van der Waals surface area contributed by atoms with Crippen molar-refractivity contribution >= 4 is 23.4 Å². The molecule has 0 saturated heterocycles. The Hall–Kier alpha value is -2.80. The molecule has 25 heavy (non-hydrogen) atoms. The molecule has 0 atom stereocenters. The molecule has 0 fully saturated rings. The van der Waals surface area contributed by atoms with Crippen molar-refractivity contribution in [2.75, 3.05) is 11.6 Å². The van der Waals surface area contributed by atoms with Crippen LogP contribution in [0, 0.1) is 6.92 Å². The summed E-state index contributed by atoms with van der Waals surface area (Å²) >= 11 is 1.62. The van der Waals surface area contributed by atoms with Crippen molar-refractivity contribution < 1.29 is 14.1 Å². The molecule has 0 saturated carbocycles. The van der Waals surface area contributed by atoms with E-state index >= 15 is 0 Å². The molecular formula is C18H17N3O3S. The van der Waals surface area contributed by atoms with Crippen LogP contribution in [0.2, 0.25) is 0 Å². The highest BCUT2D eigenvalue weighted by atomic mass is 32.2. The zero-order valence-electron chi connectivity index (χ0n) is 13.9. The second kappa shape index (κ2) is 7.85. The van der Waals surface area contributed by atoms with E-state index in [0.717, 1.165) is 10.6 Å². The van der Waals surface area contributed by atoms with Gasteiger partial charge in [0.2, 0.25) is 11.7 Å². The lowest BCUT2D eigenvalue weighted by Gasteiger charge is -2.11. The number of anilines is 1. The maximum atomic E-state index is 12.6. The van der Waals surface area contributed by atoms with E-state index in [1.54, 1.807) is 36.9 Å². The number of hydrogen-bond acceptors (Lipinski definition) is 6. The normalized spacial score (nSPS) is 10.5. The number of thioether (sulfide) groups is 1. The fourth-order valence-corrected chi connectivity index (χ4v) is 2.68. The Labute approximate surface area is 149 Å². The number of nitrogens with zero attached hydrogens (tertiary/aromatic N) is 2. The number of para-hydroxylation sites is 1. The number of amides is 1. The van der Waals surface area contributed by atoms with Gasteiger partial charge >= 0.3 is 0 Å². The van der Waals surface area contributed by atoms with Gasteiger partial charge in [0, 0.05) is 17.5 Å². The lowest BCUT2D eigenvalue weighted by molar-refractivity contribution is 0.102. The van der Waals surface area contributed by atoms with Gasteiger partial charge in [0.25, 0.3) is 5.91 Å². The summed E-state index contributed by atoms with van der Waals surface area (Å²) in [6.07, 6.45) is 1.99. The third-order valence-corrected chi connectivity index (χ3v) is 4.11. The highest BCUT2D eigenvalue weighted by Crippen LogP contribution is 2.23. The minimum atomic E-state index is -0.238. The van der Waals surface area contributed by atoms with Crippen molar-refractivity contribution in [2.24, 2.45) is 0 Å². The molecule has 128 valence electrons. The molecule has 0 aliphatic heterocycles. The van der Waals surface area contributed by atoms with Crippen molar-refractivity contribution in [3.8, 4) is 5.75 Å². The topological polar surface area (TPSA) is 77.2 Å². The molecule has 3 aromatic rings. The number of rotatable bonds is 6. The van der Waals surface area contributed by atoms with Crippen molar-refractivity contribution in [3.05, 3.63) is 65.8 Å². The number of benzene rings is 2. The summed E-state index contributed by atoms with van der Waals surface area (Å²) in [6, 6.07) is 14.7. The number of carbonyl (C=O) groups excluding carboxylic acids is 1. The Bertz CT molecular complexity index is 879. The van der Waals surface area contributed by atoms with Gasteiger partial charge in [-0.3, -0.25) is 4.79 Å². The first-order valence-electron chi connectivity index (χ1n) is 7.62. The van der Waals surface area contributed by atoms with Gasteiger partial charge in [-0.15, -0.1) is 11.8 Å². The smallest absolute Gasteiger partial charge is 0.259 e. The Morgan fingerprint density at radius 1 is 1.24 bits per heavy atom. The molecule has 0 unspecified atom stereocenters. The molecule has 1 amide bonds. The van der Waals surface area contributed by atoms with Crippen molar-refractivity contribution in [1.82, 2.24) is 10.1 Å². The largest absolute Gasteiger partial charge is 0.485 e. The molecule has 2 aromatic carbocycles. The monoisotopic (exact) mass is 355 g/mol. The molecule has 0 bridgehead atoms. The number of aryl methyl sites for hydroxylation is 1. The maximum Gasteiger partial charge on any atom is 0.259 e. The minimum Gasteiger partial charge on any atom is -0.485 e. The van der Waals surface area contributed by atoms with Gasteiger partial charge in [0.15, 0.2) is 6.61 Å². The van der Waals surface area contributed by atoms with E-state index in [1.165, 1.54) is 0 Å². The molecule has 7 heteroatoms. The number of nitrogens with one attached hydrogen (secondary N) is 1. The highest BCUT2D eigenvalue weighted by molar-refractivity contribution is 7.98. The SMILES string of the molecule is CSc1cccc(NC(=O)c2ccccc2OCc2noc(C)n2)c1. The number of ether oxygens (including phenoxy) is 1.